The summed E-state index contributed by atoms with van der Waals surface area (Å²) in [5.41, 5.74) is -1.95. The van der Waals surface area contributed by atoms with Crippen molar-refractivity contribution in [2.45, 2.75) is 24.9 Å². The molecule has 0 amide bonds. The Morgan fingerprint density at radius 3 is 2.14 bits per heavy atom. The first kappa shape index (κ1) is 16.8. The lowest BCUT2D eigenvalue weighted by Crippen LogP contribution is -2.50. The molecule has 0 radical (unpaired) electrons. The molecule has 0 aliphatic heterocycles. The fourth-order valence-corrected chi connectivity index (χ4v) is 2.22. The monoisotopic (exact) mass is 294 g/mol. The standard InChI is InChI=1S/C15H18O6/c1-10(16)9-15(19,14(18)21-3)12(13(17)20-2)11-7-5-4-6-8-11/h4-8,12,19H,9H2,1-3H3/t12-,15-/m1/s1. The van der Waals surface area contributed by atoms with Crippen LogP contribution >= 0.6 is 0 Å². The Labute approximate surface area is 122 Å². The number of esters is 2. The molecule has 0 spiro atoms. The highest BCUT2D eigenvalue weighted by molar-refractivity contribution is 5.95. The highest BCUT2D eigenvalue weighted by Crippen LogP contribution is 2.34. The van der Waals surface area contributed by atoms with Crippen LogP contribution in [0.3, 0.4) is 0 Å². The number of carbonyl (C=O) groups is 3. The third kappa shape index (κ3) is 3.66. The van der Waals surface area contributed by atoms with Crippen LogP contribution in [0.5, 0.6) is 0 Å². The Balaban J connectivity index is 3.41. The summed E-state index contributed by atoms with van der Waals surface area (Å²) in [4.78, 5) is 35.4. The Hall–Kier alpha value is -2.21. The molecule has 0 saturated heterocycles. The van der Waals surface area contributed by atoms with Crippen LogP contribution in [-0.4, -0.2) is 42.6 Å². The second-order valence-electron chi connectivity index (χ2n) is 4.66. The molecule has 0 aliphatic rings. The molecule has 1 N–H and O–H groups in total. The minimum Gasteiger partial charge on any atom is -0.468 e. The quantitative estimate of drug-likeness (QED) is 0.781. The molecule has 1 aromatic carbocycles. The maximum absolute atomic E-state index is 12.1. The van der Waals surface area contributed by atoms with Gasteiger partial charge in [-0.3, -0.25) is 9.59 Å². The van der Waals surface area contributed by atoms with Crippen molar-refractivity contribution in [3.05, 3.63) is 35.9 Å². The highest BCUT2D eigenvalue weighted by atomic mass is 16.5. The number of benzene rings is 1. The van der Waals surface area contributed by atoms with E-state index < -0.39 is 35.7 Å². The van der Waals surface area contributed by atoms with Gasteiger partial charge in [-0.2, -0.15) is 0 Å². The summed E-state index contributed by atoms with van der Waals surface area (Å²) in [5.74, 6) is -3.68. The number of hydrogen-bond acceptors (Lipinski definition) is 6. The lowest BCUT2D eigenvalue weighted by molar-refractivity contribution is -0.174. The lowest BCUT2D eigenvalue weighted by atomic mass is 9.78. The van der Waals surface area contributed by atoms with Gasteiger partial charge in [0.1, 0.15) is 11.7 Å². The second-order valence-corrected chi connectivity index (χ2v) is 4.66. The van der Waals surface area contributed by atoms with Gasteiger partial charge in [0, 0.05) is 6.42 Å². The van der Waals surface area contributed by atoms with E-state index in [0.717, 1.165) is 14.2 Å². The van der Waals surface area contributed by atoms with Gasteiger partial charge in [-0.25, -0.2) is 4.79 Å². The third-order valence-corrected chi connectivity index (χ3v) is 3.10. The van der Waals surface area contributed by atoms with Crippen LogP contribution in [0.1, 0.15) is 24.8 Å². The molecule has 114 valence electrons. The summed E-state index contributed by atoms with van der Waals surface area (Å²) in [6, 6.07) is 8.15. The molecule has 6 nitrogen and oxygen atoms in total. The largest absolute Gasteiger partial charge is 0.468 e. The fraction of sp³-hybridized carbons (Fsp3) is 0.400. The van der Waals surface area contributed by atoms with Gasteiger partial charge in [0.15, 0.2) is 5.60 Å². The third-order valence-electron chi connectivity index (χ3n) is 3.10. The van der Waals surface area contributed by atoms with Crippen molar-refractivity contribution >= 4 is 17.7 Å². The zero-order valence-electron chi connectivity index (χ0n) is 12.2. The molecular weight excluding hydrogens is 276 g/mol. The van der Waals surface area contributed by atoms with Gasteiger partial charge in [-0.1, -0.05) is 30.3 Å². The molecular formula is C15H18O6. The predicted octanol–water partition coefficient (Wildman–Crippen LogP) is 0.826. The molecule has 2 atom stereocenters. The SMILES string of the molecule is COC(=O)[C@@H](c1ccccc1)[C@](O)(CC(C)=O)C(=O)OC. The van der Waals surface area contributed by atoms with E-state index in [-0.39, 0.29) is 0 Å². The Bertz CT molecular complexity index is 524. The van der Waals surface area contributed by atoms with Crippen molar-refractivity contribution in [1.29, 1.82) is 0 Å². The number of aliphatic hydroxyl groups is 1. The number of ketones is 1. The average Bonchev–Trinajstić information content (AvgIpc) is 2.46. The number of methoxy groups -OCH3 is 2. The normalized spacial score (nSPS) is 14.7. The fourth-order valence-electron chi connectivity index (χ4n) is 2.22. The van der Waals surface area contributed by atoms with E-state index in [0.29, 0.717) is 5.56 Å². The van der Waals surface area contributed by atoms with Crippen molar-refractivity contribution in [1.82, 2.24) is 0 Å². The minimum atomic E-state index is -2.31. The summed E-state index contributed by atoms with van der Waals surface area (Å²) < 4.78 is 9.24. The van der Waals surface area contributed by atoms with Crippen LogP contribution in [0.25, 0.3) is 0 Å². The van der Waals surface area contributed by atoms with E-state index in [1.165, 1.54) is 6.92 Å². The molecule has 0 unspecified atom stereocenters. The number of carbonyl (C=O) groups excluding carboxylic acids is 3. The van der Waals surface area contributed by atoms with Gasteiger partial charge in [0.05, 0.1) is 14.2 Å². The molecule has 0 fully saturated rings. The summed E-state index contributed by atoms with van der Waals surface area (Å²) in [6.07, 6.45) is -0.547. The van der Waals surface area contributed by atoms with E-state index in [2.05, 4.69) is 9.47 Å². The second kappa shape index (κ2) is 6.99. The highest BCUT2D eigenvalue weighted by Gasteiger charge is 2.51. The molecule has 0 aliphatic carbocycles. The molecule has 21 heavy (non-hydrogen) atoms. The van der Waals surface area contributed by atoms with E-state index in [1.807, 2.05) is 0 Å². The van der Waals surface area contributed by atoms with E-state index in [4.69, 9.17) is 0 Å². The molecule has 1 aromatic rings. The van der Waals surface area contributed by atoms with Crippen LogP contribution in [0.2, 0.25) is 0 Å². The molecule has 0 bridgehead atoms. The van der Waals surface area contributed by atoms with E-state index >= 15 is 0 Å². The van der Waals surface area contributed by atoms with Gasteiger partial charge in [-0.05, 0) is 12.5 Å². The number of Topliss-reactive ketones (excluding diaryl/α,β-unsaturated/α-hetero) is 1. The zero-order chi connectivity index (χ0) is 16.0. The maximum Gasteiger partial charge on any atom is 0.339 e. The van der Waals surface area contributed by atoms with Crippen molar-refractivity contribution in [2.75, 3.05) is 14.2 Å². The van der Waals surface area contributed by atoms with Crippen LogP contribution in [-0.2, 0) is 23.9 Å². The summed E-state index contributed by atoms with van der Waals surface area (Å²) in [6.45, 7) is 1.22. The molecule has 6 heteroatoms. The van der Waals surface area contributed by atoms with Crippen LogP contribution in [0.4, 0.5) is 0 Å². The van der Waals surface area contributed by atoms with Gasteiger partial charge in [-0.15, -0.1) is 0 Å². The van der Waals surface area contributed by atoms with Crippen LogP contribution in [0.15, 0.2) is 30.3 Å². The summed E-state index contributed by atoms with van der Waals surface area (Å²) in [5, 5.41) is 10.7. The number of ether oxygens (including phenoxy) is 2. The maximum atomic E-state index is 12.1. The predicted molar refractivity (Wildman–Crippen MR) is 73.5 cm³/mol. The zero-order valence-corrected chi connectivity index (χ0v) is 12.2. The van der Waals surface area contributed by atoms with Crippen molar-refractivity contribution in [3.8, 4) is 0 Å². The average molecular weight is 294 g/mol. The first-order valence-corrected chi connectivity index (χ1v) is 6.29. The molecule has 0 saturated carbocycles. The Morgan fingerprint density at radius 1 is 1.14 bits per heavy atom. The molecule has 0 heterocycles. The van der Waals surface area contributed by atoms with Gasteiger partial charge in [0.2, 0.25) is 0 Å². The smallest absolute Gasteiger partial charge is 0.339 e. The van der Waals surface area contributed by atoms with Gasteiger partial charge in [0.25, 0.3) is 0 Å². The van der Waals surface area contributed by atoms with Crippen molar-refractivity contribution in [3.63, 3.8) is 0 Å². The van der Waals surface area contributed by atoms with Crippen LogP contribution < -0.4 is 0 Å². The van der Waals surface area contributed by atoms with Gasteiger partial charge < -0.3 is 14.6 Å². The first-order valence-electron chi connectivity index (χ1n) is 6.29. The summed E-state index contributed by atoms with van der Waals surface area (Å²) in [7, 11) is 2.22. The van der Waals surface area contributed by atoms with Gasteiger partial charge >= 0.3 is 11.9 Å². The summed E-state index contributed by atoms with van der Waals surface area (Å²) >= 11 is 0. The lowest BCUT2D eigenvalue weighted by Gasteiger charge is -2.31. The van der Waals surface area contributed by atoms with Crippen LogP contribution in [0, 0.1) is 0 Å². The van der Waals surface area contributed by atoms with E-state index in [1.54, 1.807) is 30.3 Å². The molecule has 0 aromatic heterocycles. The Kier molecular flexibility index (Phi) is 5.60. The van der Waals surface area contributed by atoms with Crippen molar-refractivity contribution in [2.24, 2.45) is 0 Å². The van der Waals surface area contributed by atoms with Crippen molar-refractivity contribution < 1.29 is 29.0 Å². The first-order chi connectivity index (χ1) is 9.86. The number of rotatable bonds is 6. The Morgan fingerprint density at radius 2 is 1.71 bits per heavy atom. The number of hydrogen-bond donors (Lipinski definition) is 1. The van der Waals surface area contributed by atoms with E-state index in [9.17, 15) is 19.5 Å². The topological polar surface area (TPSA) is 89.9 Å². The molecule has 1 rings (SSSR count). The minimum absolute atomic E-state index is 0.360.